The highest BCUT2D eigenvalue weighted by Crippen LogP contribution is 2.08. The molecule has 0 aliphatic rings. The van der Waals surface area contributed by atoms with Crippen molar-refractivity contribution in [3.63, 3.8) is 0 Å². The number of hydrogen-bond acceptors (Lipinski definition) is 4. The van der Waals surface area contributed by atoms with Crippen molar-refractivity contribution in [1.82, 2.24) is 10.6 Å². The molecule has 1 heterocycles. The molecular weight excluding hydrogens is 276 g/mol. The predicted octanol–water partition coefficient (Wildman–Crippen LogP) is 2.27. The van der Waals surface area contributed by atoms with Gasteiger partial charge in [0.15, 0.2) is 0 Å². The van der Waals surface area contributed by atoms with E-state index in [0.29, 0.717) is 23.7 Å². The Balaban J connectivity index is 1.64. The van der Waals surface area contributed by atoms with E-state index in [1.165, 1.54) is 11.3 Å². The van der Waals surface area contributed by atoms with E-state index in [9.17, 15) is 9.59 Å². The molecule has 0 radical (unpaired) electrons. The number of carbonyl (C=O) groups is 2. The average Bonchev–Trinajstić information content (AvgIpc) is 2.99. The minimum absolute atomic E-state index is 0.141. The van der Waals surface area contributed by atoms with Crippen LogP contribution in [-0.4, -0.2) is 25.1 Å². The normalized spacial score (nSPS) is 9.80. The Morgan fingerprint density at radius 3 is 2.45 bits per heavy atom. The zero-order valence-corrected chi connectivity index (χ0v) is 11.5. The van der Waals surface area contributed by atoms with Gasteiger partial charge in [-0.25, -0.2) is 4.79 Å². The zero-order chi connectivity index (χ0) is 14.2. The van der Waals surface area contributed by atoms with Crippen molar-refractivity contribution in [3.05, 3.63) is 52.7 Å². The number of nitrogens with one attached hydrogen (secondary N) is 2. The van der Waals surface area contributed by atoms with Crippen LogP contribution in [0.25, 0.3) is 0 Å². The van der Waals surface area contributed by atoms with Crippen LogP contribution >= 0.6 is 11.3 Å². The van der Waals surface area contributed by atoms with Crippen LogP contribution in [-0.2, 0) is 0 Å². The Labute approximate surface area is 120 Å². The lowest BCUT2D eigenvalue weighted by Crippen LogP contribution is -2.35. The minimum atomic E-state index is -0.540. The molecule has 0 bridgehead atoms. The molecule has 0 atom stereocenters. The molecule has 0 saturated carbocycles. The molecule has 0 unspecified atom stereocenters. The Hall–Kier alpha value is -2.34. The average molecular weight is 290 g/mol. The third kappa shape index (κ3) is 4.40. The molecule has 2 amide bonds. The molecule has 1 aromatic heterocycles. The van der Waals surface area contributed by atoms with E-state index in [1.807, 2.05) is 17.5 Å². The van der Waals surface area contributed by atoms with E-state index in [1.54, 1.807) is 30.3 Å². The highest BCUT2D eigenvalue weighted by atomic mass is 32.1. The molecule has 0 aliphatic heterocycles. The summed E-state index contributed by atoms with van der Waals surface area (Å²) in [6.45, 7) is 0.656. The molecule has 2 N–H and O–H groups in total. The van der Waals surface area contributed by atoms with Crippen molar-refractivity contribution < 1.29 is 14.3 Å². The maximum absolute atomic E-state index is 11.6. The summed E-state index contributed by atoms with van der Waals surface area (Å²) >= 11 is 1.37. The molecular formula is C14H14N2O3S. The van der Waals surface area contributed by atoms with Crippen LogP contribution in [0.3, 0.4) is 0 Å². The van der Waals surface area contributed by atoms with Crippen LogP contribution in [0.4, 0.5) is 4.79 Å². The van der Waals surface area contributed by atoms with Gasteiger partial charge in [0.1, 0.15) is 5.75 Å². The molecule has 0 fully saturated rings. The largest absolute Gasteiger partial charge is 0.412 e. The van der Waals surface area contributed by atoms with Crippen molar-refractivity contribution >= 4 is 23.3 Å². The summed E-state index contributed by atoms with van der Waals surface area (Å²) in [7, 11) is 0. The number of carbonyl (C=O) groups excluding carboxylic acids is 2. The van der Waals surface area contributed by atoms with Crippen LogP contribution < -0.4 is 15.4 Å². The summed E-state index contributed by atoms with van der Waals surface area (Å²) in [5.74, 6) is 0.339. The molecule has 5 nitrogen and oxygen atoms in total. The molecule has 1 aromatic carbocycles. The van der Waals surface area contributed by atoms with Crippen LogP contribution in [0.2, 0.25) is 0 Å². The van der Waals surface area contributed by atoms with Crippen molar-refractivity contribution in [1.29, 1.82) is 0 Å². The molecule has 6 heteroatoms. The highest BCUT2D eigenvalue weighted by Gasteiger charge is 2.06. The summed E-state index contributed by atoms with van der Waals surface area (Å²) in [5, 5.41) is 7.10. The first-order valence-electron chi connectivity index (χ1n) is 6.08. The Bertz CT molecular complexity index is 555. The van der Waals surface area contributed by atoms with Crippen LogP contribution in [0.5, 0.6) is 5.75 Å². The number of thiophene rings is 1. The van der Waals surface area contributed by atoms with Gasteiger partial charge in [-0.2, -0.15) is 0 Å². The Morgan fingerprint density at radius 2 is 1.75 bits per heavy atom. The van der Waals surface area contributed by atoms with Gasteiger partial charge in [-0.15, -0.1) is 11.3 Å². The topological polar surface area (TPSA) is 67.4 Å². The van der Waals surface area contributed by atoms with Gasteiger partial charge in [0.05, 0.1) is 4.88 Å². The molecule has 0 aliphatic carbocycles. The van der Waals surface area contributed by atoms with Gasteiger partial charge >= 0.3 is 6.09 Å². The molecule has 0 saturated heterocycles. The summed E-state index contributed by atoms with van der Waals surface area (Å²) in [5.41, 5.74) is 0. The fourth-order valence-corrected chi connectivity index (χ4v) is 2.11. The van der Waals surface area contributed by atoms with Crippen molar-refractivity contribution in [3.8, 4) is 5.75 Å². The van der Waals surface area contributed by atoms with E-state index >= 15 is 0 Å². The molecule has 20 heavy (non-hydrogen) atoms. The predicted molar refractivity (Wildman–Crippen MR) is 77.1 cm³/mol. The van der Waals surface area contributed by atoms with Crippen molar-refractivity contribution in [2.24, 2.45) is 0 Å². The maximum atomic E-state index is 11.6. The van der Waals surface area contributed by atoms with Crippen LogP contribution in [0, 0.1) is 0 Å². The van der Waals surface area contributed by atoms with E-state index < -0.39 is 6.09 Å². The molecule has 104 valence electrons. The highest BCUT2D eigenvalue weighted by molar-refractivity contribution is 7.12. The smallest absolute Gasteiger partial charge is 0.410 e. The van der Waals surface area contributed by atoms with Crippen LogP contribution in [0.15, 0.2) is 47.8 Å². The lowest BCUT2D eigenvalue weighted by atomic mass is 10.3. The van der Waals surface area contributed by atoms with Crippen molar-refractivity contribution in [2.45, 2.75) is 0 Å². The first-order valence-corrected chi connectivity index (χ1v) is 6.96. The number of amides is 2. The summed E-state index contributed by atoms with van der Waals surface area (Å²) in [6.07, 6.45) is -0.540. The second-order valence-electron chi connectivity index (χ2n) is 3.86. The fourth-order valence-electron chi connectivity index (χ4n) is 1.47. The van der Waals surface area contributed by atoms with Gasteiger partial charge in [0, 0.05) is 13.1 Å². The lowest BCUT2D eigenvalue weighted by molar-refractivity contribution is 0.0957. The summed E-state index contributed by atoms with van der Waals surface area (Å²) in [6, 6.07) is 12.3. The first kappa shape index (κ1) is 14.1. The standard InChI is InChI=1S/C14H14N2O3S/c17-13(12-7-4-10-20-12)15-8-9-16-14(18)19-11-5-2-1-3-6-11/h1-7,10H,8-9H2,(H,15,17)(H,16,18). The quantitative estimate of drug-likeness (QED) is 0.830. The molecule has 2 aromatic rings. The summed E-state index contributed by atoms with van der Waals surface area (Å²) < 4.78 is 5.03. The third-order valence-corrected chi connectivity index (χ3v) is 3.25. The third-order valence-electron chi connectivity index (χ3n) is 2.38. The van der Waals surface area contributed by atoms with E-state index in [-0.39, 0.29) is 5.91 Å². The molecule has 0 spiro atoms. The second-order valence-corrected chi connectivity index (χ2v) is 4.81. The maximum Gasteiger partial charge on any atom is 0.412 e. The SMILES string of the molecule is O=C(NCCNC(=O)c1cccs1)Oc1ccccc1. The molecule has 2 rings (SSSR count). The number of hydrogen-bond donors (Lipinski definition) is 2. The van der Waals surface area contributed by atoms with Crippen molar-refractivity contribution in [2.75, 3.05) is 13.1 Å². The number of rotatable bonds is 5. The second kappa shape index (κ2) is 7.30. The lowest BCUT2D eigenvalue weighted by Gasteiger charge is -2.07. The summed E-state index contributed by atoms with van der Waals surface area (Å²) in [4.78, 5) is 23.7. The van der Waals surface area contributed by atoms with Gasteiger partial charge in [-0.05, 0) is 23.6 Å². The Kier molecular flexibility index (Phi) is 5.14. The number of para-hydroxylation sites is 1. The van der Waals surface area contributed by atoms with E-state index in [2.05, 4.69) is 10.6 Å². The number of ether oxygens (including phenoxy) is 1. The van der Waals surface area contributed by atoms with Gasteiger partial charge in [0.25, 0.3) is 5.91 Å². The Morgan fingerprint density at radius 1 is 1.00 bits per heavy atom. The van der Waals surface area contributed by atoms with Gasteiger partial charge in [0.2, 0.25) is 0 Å². The monoisotopic (exact) mass is 290 g/mol. The van der Waals surface area contributed by atoms with Gasteiger partial charge in [-0.1, -0.05) is 24.3 Å². The first-order chi connectivity index (χ1) is 9.75. The van der Waals surface area contributed by atoms with E-state index in [4.69, 9.17) is 4.74 Å². The zero-order valence-electron chi connectivity index (χ0n) is 10.7. The van der Waals surface area contributed by atoms with Gasteiger partial charge < -0.3 is 15.4 Å². The van der Waals surface area contributed by atoms with Gasteiger partial charge in [-0.3, -0.25) is 4.79 Å². The number of benzene rings is 1. The minimum Gasteiger partial charge on any atom is -0.410 e. The van der Waals surface area contributed by atoms with Crippen LogP contribution in [0.1, 0.15) is 9.67 Å². The fraction of sp³-hybridized carbons (Fsp3) is 0.143. The van der Waals surface area contributed by atoms with E-state index in [0.717, 1.165) is 0 Å².